The second kappa shape index (κ2) is 11.3. The predicted molar refractivity (Wildman–Crippen MR) is 146 cm³/mol. The molecule has 1 unspecified atom stereocenters. The molecule has 0 saturated heterocycles. The number of fused-ring (bicyclic) bond motifs is 1. The lowest BCUT2D eigenvalue weighted by molar-refractivity contribution is -0.104. The Morgan fingerprint density at radius 3 is 2.65 bits per heavy atom. The number of carbonyl (C=O) groups is 1. The molecule has 0 spiro atoms. The van der Waals surface area contributed by atoms with Crippen LogP contribution in [0.3, 0.4) is 0 Å². The van der Waals surface area contributed by atoms with E-state index in [1.807, 2.05) is 12.1 Å². The van der Waals surface area contributed by atoms with E-state index in [2.05, 4.69) is 53.0 Å². The van der Waals surface area contributed by atoms with E-state index in [1.54, 1.807) is 26.5 Å². The van der Waals surface area contributed by atoms with Gasteiger partial charge < -0.3 is 25.8 Å². The number of benzene rings is 2. The van der Waals surface area contributed by atoms with Gasteiger partial charge in [-0.15, -0.1) is 0 Å². The zero-order valence-corrected chi connectivity index (χ0v) is 21.9. The molecule has 0 bridgehead atoms. The summed E-state index contributed by atoms with van der Waals surface area (Å²) in [5.41, 5.74) is 17.7. The van der Waals surface area contributed by atoms with Crippen molar-refractivity contribution in [2.75, 3.05) is 32.2 Å². The van der Waals surface area contributed by atoms with Crippen LogP contribution in [-0.2, 0) is 17.6 Å². The largest absolute Gasteiger partial charge is 0.493 e. The van der Waals surface area contributed by atoms with Crippen molar-refractivity contribution in [2.24, 2.45) is 5.92 Å². The van der Waals surface area contributed by atoms with Crippen LogP contribution in [0.2, 0.25) is 0 Å². The maximum Gasteiger partial charge on any atom is 0.221 e. The number of nitrogen functional groups attached to an aromatic ring is 2. The van der Waals surface area contributed by atoms with E-state index in [-0.39, 0.29) is 12.0 Å². The highest BCUT2D eigenvalue weighted by Gasteiger charge is 2.31. The summed E-state index contributed by atoms with van der Waals surface area (Å²) in [6.07, 6.45) is 6.41. The lowest BCUT2D eigenvalue weighted by Crippen LogP contribution is -2.35. The van der Waals surface area contributed by atoms with Crippen LogP contribution in [0.15, 0.2) is 48.7 Å². The Bertz CT molecular complexity index is 1300. The van der Waals surface area contributed by atoms with E-state index in [4.69, 9.17) is 20.9 Å². The highest BCUT2D eigenvalue weighted by Crippen LogP contribution is 2.44. The minimum absolute atomic E-state index is 0.122. The molecule has 8 nitrogen and oxygen atoms in total. The van der Waals surface area contributed by atoms with Crippen molar-refractivity contribution in [1.29, 1.82) is 0 Å². The van der Waals surface area contributed by atoms with Crippen LogP contribution >= 0.6 is 0 Å². The second-order valence-corrected chi connectivity index (χ2v) is 9.67. The molecule has 0 aliphatic carbocycles. The van der Waals surface area contributed by atoms with Crippen molar-refractivity contribution >= 4 is 23.7 Å². The molecule has 1 aliphatic heterocycles. The molecule has 0 radical (unpaired) electrons. The van der Waals surface area contributed by atoms with Gasteiger partial charge in [0.2, 0.25) is 5.95 Å². The zero-order valence-electron chi connectivity index (χ0n) is 21.9. The fraction of sp³-hybridized carbons (Fsp3) is 0.345. The summed E-state index contributed by atoms with van der Waals surface area (Å²) < 4.78 is 11.6. The number of hydrogen-bond donors (Lipinski definition) is 2. The van der Waals surface area contributed by atoms with Crippen LogP contribution in [0.5, 0.6) is 11.5 Å². The smallest absolute Gasteiger partial charge is 0.221 e. The monoisotopic (exact) mass is 501 g/mol. The minimum Gasteiger partial charge on any atom is -0.493 e. The molecule has 194 valence electrons. The van der Waals surface area contributed by atoms with Gasteiger partial charge in [-0.3, -0.25) is 4.79 Å². The van der Waals surface area contributed by atoms with Crippen LogP contribution < -0.4 is 20.9 Å². The molecule has 37 heavy (non-hydrogen) atoms. The van der Waals surface area contributed by atoms with Crippen LogP contribution in [-0.4, -0.2) is 41.9 Å². The SMILES string of the molecule is COc1cc(Cc2cnc(N)nc2N)cc(C(=CC=O)N2CCc3ccccc3C2CC(C)C)c1OC. The van der Waals surface area contributed by atoms with Crippen molar-refractivity contribution in [2.45, 2.75) is 39.2 Å². The molecule has 0 amide bonds. The van der Waals surface area contributed by atoms with Crippen molar-refractivity contribution < 1.29 is 14.3 Å². The molecule has 4 N–H and O–H groups in total. The van der Waals surface area contributed by atoms with Gasteiger partial charge in [0.15, 0.2) is 11.5 Å². The van der Waals surface area contributed by atoms with Gasteiger partial charge >= 0.3 is 0 Å². The molecule has 2 heterocycles. The Hall–Kier alpha value is -4.07. The van der Waals surface area contributed by atoms with E-state index in [0.29, 0.717) is 29.7 Å². The fourth-order valence-electron chi connectivity index (χ4n) is 5.15. The average Bonchev–Trinajstić information content (AvgIpc) is 2.88. The maximum absolute atomic E-state index is 12.0. The van der Waals surface area contributed by atoms with E-state index in [9.17, 15) is 4.79 Å². The lowest BCUT2D eigenvalue weighted by Gasteiger charge is -2.41. The maximum atomic E-state index is 12.0. The summed E-state index contributed by atoms with van der Waals surface area (Å²) in [6.45, 7) is 5.23. The number of rotatable bonds is 9. The highest BCUT2D eigenvalue weighted by atomic mass is 16.5. The Morgan fingerprint density at radius 2 is 1.97 bits per heavy atom. The molecular formula is C29H35N5O3. The third kappa shape index (κ3) is 5.53. The third-order valence-corrected chi connectivity index (χ3v) is 6.77. The summed E-state index contributed by atoms with van der Waals surface area (Å²) in [5, 5.41) is 0. The van der Waals surface area contributed by atoms with E-state index >= 15 is 0 Å². The summed E-state index contributed by atoms with van der Waals surface area (Å²) in [4.78, 5) is 22.5. The van der Waals surface area contributed by atoms with Crippen molar-refractivity contribution in [3.8, 4) is 11.5 Å². The molecule has 1 atom stereocenters. The molecule has 3 aromatic rings. The van der Waals surface area contributed by atoms with Gasteiger partial charge in [0, 0.05) is 36.4 Å². The first kappa shape index (κ1) is 26.0. The van der Waals surface area contributed by atoms with Gasteiger partial charge in [-0.1, -0.05) is 38.1 Å². The van der Waals surface area contributed by atoms with Crippen molar-refractivity contribution in [3.63, 3.8) is 0 Å². The van der Waals surface area contributed by atoms with Gasteiger partial charge in [0.1, 0.15) is 12.1 Å². The fourth-order valence-corrected chi connectivity index (χ4v) is 5.15. The Labute approximate surface area is 218 Å². The van der Waals surface area contributed by atoms with E-state index < -0.39 is 0 Å². The average molecular weight is 502 g/mol. The molecule has 8 heteroatoms. The highest BCUT2D eigenvalue weighted by molar-refractivity contribution is 5.84. The van der Waals surface area contributed by atoms with Gasteiger partial charge in [-0.05, 0) is 47.6 Å². The number of nitrogens with zero attached hydrogens (tertiary/aromatic N) is 3. The third-order valence-electron chi connectivity index (χ3n) is 6.77. The molecule has 4 rings (SSSR count). The van der Waals surface area contributed by atoms with Gasteiger partial charge in [-0.25, -0.2) is 4.98 Å². The van der Waals surface area contributed by atoms with Crippen molar-refractivity contribution in [3.05, 3.63) is 76.5 Å². The molecule has 0 fully saturated rings. The minimum atomic E-state index is 0.122. The second-order valence-electron chi connectivity index (χ2n) is 9.67. The van der Waals surface area contributed by atoms with Gasteiger partial charge in [0.25, 0.3) is 0 Å². The van der Waals surface area contributed by atoms with E-state index in [1.165, 1.54) is 11.1 Å². The molecule has 1 aromatic heterocycles. The quantitative estimate of drug-likeness (QED) is 0.327. The molecule has 0 saturated carbocycles. The Kier molecular flexibility index (Phi) is 7.96. The van der Waals surface area contributed by atoms with Crippen molar-refractivity contribution in [1.82, 2.24) is 14.9 Å². The van der Waals surface area contributed by atoms with Gasteiger partial charge in [0.05, 0.1) is 26.0 Å². The number of anilines is 2. The number of methoxy groups -OCH3 is 2. The number of allylic oxidation sites excluding steroid dienone is 1. The first-order valence-corrected chi connectivity index (χ1v) is 12.5. The van der Waals surface area contributed by atoms with Crippen LogP contribution in [0, 0.1) is 5.92 Å². The number of aromatic nitrogens is 2. The summed E-state index contributed by atoms with van der Waals surface area (Å²) in [7, 11) is 3.22. The summed E-state index contributed by atoms with van der Waals surface area (Å²) in [6, 6.07) is 12.6. The Morgan fingerprint density at radius 1 is 1.19 bits per heavy atom. The first-order chi connectivity index (χ1) is 17.9. The zero-order chi connectivity index (χ0) is 26.5. The Balaban J connectivity index is 1.84. The molecular weight excluding hydrogens is 466 g/mol. The standard InChI is InChI=1S/C29H35N5O3/c1-18(2)13-25-22-8-6-5-7-20(22)9-11-34(25)24(10-12-35)23-15-19(16-26(36-3)27(23)37-4)14-21-17-32-29(31)33-28(21)30/h5-8,10,12,15-18,25H,9,11,13-14H2,1-4H3,(H4,30,31,32,33). The predicted octanol–water partition coefficient (Wildman–Crippen LogP) is 4.43. The summed E-state index contributed by atoms with van der Waals surface area (Å²) in [5.74, 6) is 2.07. The van der Waals surface area contributed by atoms with Gasteiger partial charge in [-0.2, -0.15) is 4.98 Å². The number of hydrogen-bond acceptors (Lipinski definition) is 8. The lowest BCUT2D eigenvalue weighted by atomic mass is 9.86. The van der Waals surface area contributed by atoms with E-state index in [0.717, 1.165) is 48.1 Å². The van der Waals surface area contributed by atoms with Crippen LogP contribution in [0.25, 0.3) is 5.70 Å². The number of nitrogens with two attached hydrogens (primary N) is 2. The van der Waals surface area contributed by atoms with Crippen LogP contribution in [0.4, 0.5) is 11.8 Å². The normalized spacial score (nSPS) is 15.4. The summed E-state index contributed by atoms with van der Waals surface area (Å²) >= 11 is 0. The molecule has 2 aromatic carbocycles. The first-order valence-electron chi connectivity index (χ1n) is 12.5. The molecule has 1 aliphatic rings. The number of carbonyl (C=O) groups excluding carboxylic acids is 1. The van der Waals surface area contributed by atoms with Crippen LogP contribution in [0.1, 0.15) is 54.1 Å². The number of aldehydes is 1. The topological polar surface area (TPSA) is 117 Å². The number of ether oxygens (including phenoxy) is 2.